The van der Waals surface area contributed by atoms with Crippen molar-refractivity contribution in [3.05, 3.63) is 23.3 Å². The number of phenols is 1. The first-order valence-corrected chi connectivity index (χ1v) is 6.43. The molecule has 0 bridgehead atoms. The SMILES string of the molecule is Cc1ccc(NC(=O)C2CCCCN2)c(C)c1O.Cl. The second-order valence-electron chi connectivity index (χ2n) is 4.90. The molecule has 1 aromatic carbocycles. The molecule has 0 spiro atoms. The lowest BCUT2D eigenvalue weighted by Crippen LogP contribution is -2.43. The molecule has 1 saturated heterocycles. The van der Waals surface area contributed by atoms with E-state index in [9.17, 15) is 9.90 Å². The van der Waals surface area contributed by atoms with Gasteiger partial charge in [-0.1, -0.05) is 12.5 Å². The van der Waals surface area contributed by atoms with E-state index >= 15 is 0 Å². The van der Waals surface area contributed by atoms with Crippen LogP contribution in [0.1, 0.15) is 30.4 Å². The minimum Gasteiger partial charge on any atom is -0.507 e. The molecule has 5 heteroatoms. The Morgan fingerprint density at radius 3 is 2.74 bits per heavy atom. The zero-order chi connectivity index (χ0) is 13.1. The second-order valence-corrected chi connectivity index (χ2v) is 4.90. The van der Waals surface area contributed by atoms with E-state index in [-0.39, 0.29) is 30.1 Å². The van der Waals surface area contributed by atoms with Crippen LogP contribution in [0.2, 0.25) is 0 Å². The van der Waals surface area contributed by atoms with Gasteiger partial charge in [-0.05, 0) is 44.9 Å². The highest BCUT2D eigenvalue weighted by atomic mass is 35.5. The van der Waals surface area contributed by atoms with Crippen LogP contribution in [0.5, 0.6) is 5.75 Å². The van der Waals surface area contributed by atoms with Crippen molar-refractivity contribution in [3.8, 4) is 5.75 Å². The van der Waals surface area contributed by atoms with Gasteiger partial charge < -0.3 is 15.7 Å². The summed E-state index contributed by atoms with van der Waals surface area (Å²) in [5.41, 5.74) is 2.23. The number of amides is 1. The summed E-state index contributed by atoms with van der Waals surface area (Å²) in [4.78, 5) is 12.1. The van der Waals surface area contributed by atoms with Crippen molar-refractivity contribution in [3.63, 3.8) is 0 Å². The maximum absolute atomic E-state index is 12.1. The molecule has 0 aromatic heterocycles. The predicted molar refractivity (Wildman–Crippen MR) is 79.1 cm³/mol. The zero-order valence-corrected chi connectivity index (χ0v) is 12.1. The van der Waals surface area contributed by atoms with Crippen LogP contribution >= 0.6 is 12.4 Å². The van der Waals surface area contributed by atoms with Gasteiger partial charge in [0, 0.05) is 11.3 Å². The van der Waals surface area contributed by atoms with E-state index in [0.717, 1.165) is 36.9 Å². The first kappa shape index (κ1) is 15.8. The van der Waals surface area contributed by atoms with Gasteiger partial charge in [0.05, 0.1) is 6.04 Å². The van der Waals surface area contributed by atoms with Gasteiger partial charge in [0.15, 0.2) is 0 Å². The second kappa shape index (κ2) is 6.78. The average molecular weight is 285 g/mol. The van der Waals surface area contributed by atoms with Crippen LogP contribution < -0.4 is 10.6 Å². The van der Waals surface area contributed by atoms with Gasteiger partial charge in [-0.15, -0.1) is 12.4 Å². The van der Waals surface area contributed by atoms with Crippen LogP contribution in [-0.2, 0) is 4.79 Å². The van der Waals surface area contributed by atoms with E-state index in [1.54, 1.807) is 0 Å². The number of carbonyl (C=O) groups excluding carboxylic acids is 1. The molecule has 19 heavy (non-hydrogen) atoms. The molecule has 1 amide bonds. The van der Waals surface area contributed by atoms with Gasteiger partial charge in [-0.25, -0.2) is 0 Å². The minimum absolute atomic E-state index is 0. The molecule has 4 nitrogen and oxygen atoms in total. The van der Waals surface area contributed by atoms with Gasteiger partial charge in [-0.2, -0.15) is 0 Å². The van der Waals surface area contributed by atoms with Crippen molar-refractivity contribution in [2.75, 3.05) is 11.9 Å². The molecule has 1 heterocycles. The number of phenolic OH excluding ortho intramolecular Hbond substituents is 1. The lowest BCUT2D eigenvalue weighted by molar-refractivity contribution is -0.118. The number of halogens is 1. The number of hydrogen-bond donors (Lipinski definition) is 3. The summed E-state index contributed by atoms with van der Waals surface area (Å²) in [7, 11) is 0. The number of nitrogens with one attached hydrogen (secondary N) is 2. The van der Waals surface area contributed by atoms with Crippen molar-refractivity contribution in [1.82, 2.24) is 5.32 Å². The van der Waals surface area contributed by atoms with Crippen molar-refractivity contribution >= 4 is 24.0 Å². The first-order chi connectivity index (χ1) is 8.59. The molecule has 3 N–H and O–H groups in total. The Morgan fingerprint density at radius 2 is 2.11 bits per heavy atom. The zero-order valence-electron chi connectivity index (χ0n) is 11.3. The van der Waals surface area contributed by atoms with Gasteiger partial charge in [0.2, 0.25) is 5.91 Å². The monoisotopic (exact) mass is 284 g/mol. The highest BCUT2D eigenvalue weighted by Gasteiger charge is 2.21. The summed E-state index contributed by atoms with van der Waals surface area (Å²) in [6.45, 7) is 4.55. The largest absolute Gasteiger partial charge is 0.507 e. The third-order valence-electron chi connectivity index (χ3n) is 3.52. The normalized spacial score (nSPS) is 18.5. The van der Waals surface area contributed by atoms with Crippen LogP contribution in [0.3, 0.4) is 0 Å². The summed E-state index contributed by atoms with van der Waals surface area (Å²) < 4.78 is 0. The van der Waals surface area contributed by atoms with Gasteiger partial charge >= 0.3 is 0 Å². The van der Waals surface area contributed by atoms with Crippen LogP contribution in [0.4, 0.5) is 5.69 Å². The highest BCUT2D eigenvalue weighted by Crippen LogP contribution is 2.28. The summed E-state index contributed by atoms with van der Waals surface area (Å²) in [6.07, 6.45) is 3.10. The molecular formula is C14H21ClN2O2. The fourth-order valence-electron chi connectivity index (χ4n) is 2.27. The summed E-state index contributed by atoms with van der Waals surface area (Å²) in [5.74, 6) is 0.241. The number of aryl methyl sites for hydroxylation is 1. The van der Waals surface area contributed by atoms with E-state index in [1.807, 2.05) is 26.0 Å². The van der Waals surface area contributed by atoms with E-state index in [1.165, 1.54) is 0 Å². The van der Waals surface area contributed by atoms with Crippen molar-refractivity contribution < 1.29 is 9.90 Å². The van der Waals surface area contributed by atoms with Crippen molar-refractivity contribution in [2.45, 2.75) is 39.2 Å². The first-order valence-electron chi connectivity index (χ1n) is 6.43. The van der Waals surface area contributed by atoms with Gasteiger partial charge in [-0.3, -0.25) is 4.79 Å². The molecule has 0 aliphatic carbocycles. The topological polar surface area (TPSA) is 61.4 Å². The summed E-state index contributed by atoms with van der Waals surface area (Å²) >= 11 is 0. The standard InChI is InChI=1S/C14H20N2O2.ClH/c1-9-6-7-11(10(2)13(9)17)16-14(18)12-5-3-4-8-15-12;/h6-7,12,15,17H,3-5,8H2,1-2H3,(H,16,18);1H. The molecule has 0 saturated carbocycles. The van der Waals surface area contributed by atoms with E-state index < -0.39 is 0 Å². The van der Waals surface area contributed by atoms with Crippen LogP contribution in [0.25, 0.3) is 0 Å². The maximum atomic E-state index is 12.1. The number of piperidine rings is 1. The third-order valence-corrected chi connectivity index (χ3v) is 3.52. The number of anilines is 1. The number of rotatable bonds is 2. The van der Waals surface area contributed by atoms with Gasteiger partial charge in [0.25, 0.3) is 0 Å². The summed E-state index contributed by atoms with van der Waals surface area (Å²) in [6, 6.07) is 3.54. The lowest BCUT2D eigenvalue weighted by Gasteiger charge is -2.23. The van der Waals surface area contributed by atoms with E-state index in [0.29, 0.717) is 5.69 Å². The average Bonchev–Trinajstić information content (AvgIpc) is 2.40. The third kappa shape index (κ3) is 3.61. The Hall–Kier alpha value is -1.26. The predicted octanol–water partition coefficient (Wildman–Crippen LogP) is 2.51. The number of aromatic hydroxyl groups is 1. The molecule has 2 rings (SSSR count). The molecule has 106 valence electrons. The molecule has 1 aromatic rings. The van der Waals surface area contributed by atoms with Crippen molar-refractivity contribution in [1.29, 1.82) is 0 Å². The van der Waals surface area contributed by atoms with Crippen molar-refractivity contribution in [2.24, 2.45) is 0 Å². The Morgan fingerprint density at radius 1 is 1.37 bits per heavy atom. The molecule has 0 radical (unpaired) electrons. The number of carbonyl (C=O) groups is 1. The Bertz CT molecular complexity index is 457. The smallest absolute Gasteiger partial charge is 0.241 e. The Labute approximate surface area is 120 Å². The van der Waals surface area contributed by atoms with Gasteiger partial charge in [0.1, 0.15) is 5.75 Å². The molecular weight excluding hydrogens is 264 g/mol. The molecule has 1 atom stereocenters. The van der Waals surface area contributed by atoms with Crippen LogP contribution in [0, 0.1) is 13.8 Å². The molecule has 1 unspecified atom stereocenters. The fourth-order valence-corrected chi connectivity index (χ4v) is 2.27. The Balaban J connectivity index is 0.00000180. The van der Waals surface area contributed by atoms with E-state index in [2.05, 4.69) is 10.6 Å². The molecule has 1 fully saturated rings. The Kier molecular flexibility index (Phi) is 5.63. The lowest BCUT2D eigenvalue weighted by atomic mass is 10.0. The quantitative estimate of drug-likeness (QED) is 0.782. The minimum atomic E-state index is -0.110. The summed E-state index contributed by atoms with van der Waals surface area (Å²) in [5, 5.41) is 15.9. The number of hydrogen-bond acceptors (Lipinski definition) is 3. The molecule has 1 aliphatic heterocycles. The van der Waals surface area contributed by atoms with Crippen LogP contribution in [-0.4, -0.2) is 23.6 Å². The van der Waals surface area contributed by atoms with Crippen LogP contribution in [0.15, 0.2) is 12.1 Å². The highest BCUT2D eigenvalue weighted by molar-refractivity contribution is 5.95. The maximum Gasteiger partial charge on any atom is 0.241 e. The number of benzene rings is 1. The molecule has 1 aliphatic rings. The fraction of sp³-hybridized carbons (Fsp3) is 0.500. The van der Waals surface area contributed by atoms with E-state index in [4.69, 9.17) is 0 Å².